The third kappa shape index (κ3) is 3.18. The molecule has 0 spiro atoms. The van der Waals surface area contributed by atoms with Gasteiger partial charge in [-0.25, -0.2) is 0 Å². The minimum absolute atomic E-state index is 0.142. The number of ether oxygens (including phenoxy) is 1. The zero-order valence-electron chi connectivity index (χ0n) is 12.1. The molecule has 1 N–H and O–H groups in total. The number of morpholine rings is 1. The predicted octanol–water partition coefficient (Wildman–Crippen LogP) is 1.55. The quantitative estimate of drug-likeness (QED) is 0.909. The van der Waals surface area contributed by atoms with E-state index in [4.69, 9.17) is 4.74 Å². The molecule has 0 amide bonds. The molecule has 2 atom stereocenters. The van der Waals surface area contributed by atoms with Crippen LogP contribution in [0.15, 0.2) is 10.7 Å². The molecule has 1 aromatic heterocycles. The number of aromatic nitrogens is 2. The SMILES string of the molecule is CNC(c1c(Br)cnn1C)C1CN(C(C)C)CCO1. The highest BCUT2D eigenvalue weighted by molar-refractivity contribution is 9.10. The molecule has 6 heteroatoms. The van der Waals surface area contributed by atoms with Crippen molar-refractivity contribution in [3.63, 3.8) is 0 Å². The number of aryl methyl sites for hydroxylation is 1. The summed E-state index contributed by atoms with van der Waals surface area (Å²) in [6, 6.07) is 0.697. The van der Waals surface area contributed by atoms with Gasteiger partial charge in [0, 0.05) is 26.2 Å². The Morgan fingerprint density at radius 1 is 1.53 bits per heavy atom. The molecule has 0 bridgehead atoms. The number of nitrogens with one attached hydrogen (secondary N) is 1. The highest BCUT2D eigenvalue weighted by Gasteiger charge is 2.32. The van der Waals surface area contributed by atoms with Gasteiger partial charge in [-0.15, -0.1) is 0 Å². The molecule has 1 aliphatic heterocycles. The maximum absolute atomic E-state index is 5.98. The van der Waals surface area contributed by atoms with E-state index >= 15 is 0 Å². The van der Waals surface area contributed by atoms with Gasteiger partial charge in [0.15, 0.2) is 0 Å². The van der Waals surface area contributed by atoms with Crippen LogP contribution in [0.4, 0.5) is 0 Å². The molecule has 2 rings (SSSR count). The summed E-state index contributed by atoms with van der Waals surface area (Å²) < 4.78 is 8.91. The van der Waals surface area contributed by atoms with E-state index in [0.29, 0.717) is 6.04 Å². The average Bonchev–Trinajstić information content (AvgIpc) is 2.72. The van der Waals surface area contributed by atoms with Gasteiger partial charge in [0.05, 0.1) is 35.1 Å². The topological polar surface area (TPSA) is 42.3 Å². The van der Waals surface area contributed by atoms with E-state index in [1.165, 1.54) is 0 Å². The second-order valence-corrected chi connectivity index (χ2v) is 6.12. The molecule has 19 heavy (non-hydrogen) atoms. The second-order valence-electron chi connectivity index (χ2n) is 5.27. The van der Waals surface area contributed by atoms with E-state index in [2.05, 4.69) is 45.1 Å². The lowest BCUT2D eigenvalue weighted by atomic mass is 10.0. The number of likely N-dealkylation sites (N-methyl/N-ethyl adjacent to an activating group) is 1. The van der Waals surface area contributed by atoms with Gasteiger partial charge in [-0.3, -0.25) is 9.58 Å². The Morgan fingerprint density at radius 2 is 2.26 bits per heavy atom. The third-order valence-electron chi connectivity index (χ3n) is 3.77. The Morgan fingerprint density at radius 3 is 2.79 bits per heavy atom. The zero-order valence-corrected chi connectivity index (χ0v) is 13.6. The molecule has 1 aromatic rings. The molecule has 1 saturated heterocycles. The largest absolute Gasteiger partial charge is 0.374 e. The fraction of sp³-hybridized carbons (Fsp3) is 0.769. The molecule has 5 nitrogen and oxygen atoms in total. The smallest absolute Gasteiger partial charge is 0.0912 e. The van der Waals surface area contributed by atoms with Crippen LogP contribution >= 0.6 is 15.9 Å². The summed E-state index contributed by atoms with van der Waals surface area (Å²) in [5.41, 5.74) is 1.14. The van der Waals surface area contributed by atoms with Crippen LogP contribution in [0.1, 0.15) is 25.6 Å². The Hall–Kier alpha value is -0.430. The van der Waals surface area contributed by atoms with Crippen molar-refractivity contribution in [1.82, 2.24) is 20.0 Å². The maximum atomic E-state index is 5.98. The van der Waals surface area contributed by atoms with Gasteiger partial charge >= 0.3 is 0 Å². The zero-order chi connectivity index (χ0) is 14.0. The molecular weight excluding hydrogens is 308 g/mol. The minimum atomic E-state index is 0.142. The van der Waals surface area contributed by atoms with Crippen LogP contribution in [0.3, 0.4) is 0 Å². The highest BCUT2D eigenvalue weighted by atomic mass is 79.9. The van der Waals surface area contributed by atoms with Crippen molar-refractivity contribution in [2.24, 2.45) is 7.05 Å². The Labute approximate surface area is 123 Å². The summed E-state index contributed by atoms with van der Waals surface area (Å²) in [5.74, 6) is 0. The van der Waals surface area contributed by atoms with Gasteiger partial charge < -0.3 is 10.1 Å². The van der Waals surface area contributed by atoms with E-state index in [-0.39, 0.29) is 12.1 Å². The van der Waals surface area contributed by atoms with Crippen molar-refractivity contribution < 1.29 is 4.74 Å². The molecule has 2 unspecified atom stereocenters. The van der Waals surface area contributed by atoms with Crippen molar-refractivity contribution in [3.8, 4) is 0 Å². The lowest BCUT2D eigenvalue weighted by Crippen LogP contribution is -2.50. The number of hydrogen-bond acceptors (Lipinski definition) is 4. The maximum Gasteiger partial charge on any atom is 0.0912 e. The van der Waals surface area contributed by atoms with Crippen molar-refractivity contribution in [2.75, 3.05) is 26.7 Å². The fourth-order valence-electron chi connectivity index (χ4n) is 2.64. The van der Waals surface area contributed by atoms with Gasteiger partial charge in [0.1, 0.15) is 0 Å². The van der Waals surface area contributed by atoms with Crippen molar-refractivity contribution in [3.05, 3.63) is 16.4 Å². The van der Waals surface area contributed by atoms with Crippen LogP contribution in [0.2, 0.25) is 0 Å². The van der Waals surface area contributed by atoms with E-state index in [9.17, 15) is 0 Å². The van der Waals surface area contributed by atoms with Crippen molar-refractivity contribution >= 4 is 15.9 Å². The van der Waals surface area contributed by atoms with Crippen LogP contribution in [0.5, 0.6) is 0 Å². The summed E-state index contributed by atoms with van der Waals surface area (Å²) in [4.78, 5) is 2.46. The Kier molecular flexibility index (Phi) is 5.00. The molecule has 108 valence electrons. The first-order valence-electron chi connectivity index (χ1n) is 6.75. The molecular formula is C13H23BrN4O. The van der Waals surface area contributed by atoms with Gasteiger partial charge in [-0.05, 0) is 36.8 Å². The summed E-state index contributed by atoms with van der Waals surface area (Å²) in [7, 11) is 3.94. The van der Waals surface area contributed by atoms with Crippen LogP contribution < -0.4 is 5.32 Å². The molecule has 2 heterocycles. The van der Waals surface area contributed by atoms with E-state index < -0.39 is 0 Å². The normalized spacial score (nSPS) is 22.9. The molecule has 0 radical (unpaired) electrons. The average molecular weight is 331 g/mol. The minimum Gasteiger partial charge on any atom is -0.374 e. The van der Waals surface area contributed by atoms with Crippen molar-refractivity contribution in [1.29, 1.82) is 0 Å². The predicted molar refractivity (Wildman–Crippen MR) is 79.2 cm³/mol. The van der Waals surface area contributed by atoms with E-state index in [0.717, 1.165) is 29.9 Å². The summed E-state index contributed by atoms with van der Waals surface area (Å²) in [6.07, 6.45) is 1.98. The van der Waals surface area contributed by atoms with Crippen LogP contribution in [0.25, 0.3) is 0 Å². The molecule has 1 aliphatic rings. The molecule has 0 aliphatic carbocycles. The van der Waals surface area contributed by atoms with Crippen molar-refractivity contribution in [2.45, 2.75) is 32.0 Å². The Balaban J connectivity index is 2.18. The summed E-state index contributed by atoms with van der Waals surface area (Å²) in [6.45, 7) is 7.21. The summed E-state index contributed by atoms with van der Waals surface area (Å²) >= 11 is 3.58. The summed E-state index contributed by atoms with van der Waals surface area (Å²) in [5, 5.41) is 7.67. The van der Waals surface area contributed by atoms with Crippen LogP contribution in [0, 0.1) is 0 Å². The molecule has 0 saturated carbocycles. The Bertz CT molecular complexity index is 401. The standard InChI is InChI=1S/C13H23BrN4O/c1-9(2)18-5-6-19-11(8-18)12(15-3)13-10(14)7-16-17(13)4/h7,9,11-12,15H,5-6,8H2,1-4H3. The van der Waals surface area contributed by atoms with Gasteiger partial charge in [0.25, 0.3) is 0 Å². The highest BCUT2D eigenvalue weighted by Crippen LogP contribution is 2.28. The third-order valence-corrected chi connectivity index (χ3v) is 4.38. The first-order valence-corrected chi connectivity index (χ1v) is 7.54. The van der Waals surface area contributed by atoms with Crippen LogP contribution in [-0.2, 0) is 11.8 Å². The monoisotopic (exact) mass is 330 g/mol. The van der Waals surface area contributed by atoms with Gasteiger partial charge in [-0.2, -0.15) is 5.10 Å². The second kappa shape index (κ2) is 6.35. The fourth-order valence-corrected chi connectivity index (χ4v) is 3.23. The lowest BCUT2D eigenvalue weighted by Gasteiger charge is -2.39. The van der Waals surface area contributed by atoms with E-state index in [1.807, 2.05) is 25.0 Å². The number of rotatable bonds is 4. The first-order chi connectivity index (χ1) is 9.04. The lowest BCUT2D eigenvalue weighted by molar-refractivity contribution is -0.0562. The molecule has 0 aromatic carbocycles. The molecule has 1 fully saturated rings. The first kappa shape index (κ1) is 15.0. The van der Waals surface area contributed by atoms with E-state index in [1.54, 1.807) is 0 Å². The van der Waals surface area contributed by atoms with Gasteiger partial charge in [0.2, 0.25) is 0 Å². The number of hydrogen-bond donors (Lipinski definition) is 1. The number of halogens is 1. The number of nitrogens with zero attached hydrogens (tertiary/aromatic N) is 3. The van der Waals surface area contributed by atoms with Crippen LogP contribution in [-0.4, -0.2) is 53.6 Å². The van der Waals surface area contributed by atoms with Gasteiger partial charge in [-0.1, -0.05) is 0 Å².